The van der Waals surface area contributed by atoms with E-state index in [2.05, 4.69) is 21.0 Å². The number of likely N-dealkylation sites (tertiary alicyclic amines) is 1. The Morgan fingerprint density at radius 1 is 1.21 bits per heavy atom. The molecule has 0 bridgehead atoms. The summed E-state index contributed by atoms with van der Waals surface area (Å²) in [5, 5.41) is 4.23. The molecule has 24 heavy (non-hydrogen) atoms. The Labute approximate surface area is 149 Å². The van der Waals surface area contributed by atoms with Crippen molar-refractivity contribution in [3.8, 4) is 5.69 Å². The van der Waals surface area contributed by atoms with Crippen LogP contribution in [0.1, 0.15) is 23.2 Å². The zero-order valence-electron chi connectivity index (χ0n) is 13.5. The third-order valence-corrected chi connectivity index (χ3v) is 4.63. The highest BCUT2D eigenvalue weighted by atomic mass is 79.9. The highest BCUT2D eigenvalue weighted by Crippen LogP contribution is 2.15. The molecule has 0 aliphatic carbocycles. The molecule has 1 aliphatic heterocycles. The lowest BCUT2D eigenvalue weighted by Gasteiger charge is -2.20. The highest BCUT2D eigenvalue weighted by Gasteiger charge is 2.22. The van der Waals surface area contributed by atoms with Gasteiger partial charge in [-0.15, -0.1) is 0 Å². The Morgan fingerprint density at radius 3 is 2.54 bits per heavy atom. The van der Waals surface area contributed by atoms with E-state index in [1.54, 1.807) is 17.9 Å². The lowest BCUT2D eigenvalue weighted by molar-refractivity contribution is -0.130. The zero-order chi connectivity index (χ0) is 17.1. The smallest absolute Gasteiger partial charge is 0.257 e. The van der Waals surface area contributed by atoms with Gasteiger partial charge in [-0.2, -0.15) is 5.10 Å². The largest absolute Gasteiger partial charge is 0.341 e. The van der Waals surface area contributed by atoms with E-state index in [9.17, 15) is 9.59 Å². The molecule has 1 aromatic carbocycles. The number of carbonyl (C=O) groups excluding carboxylic acids is 2. The number of hydrogen-bond donors (Lipinski definition) is 0. The van der Waals surface area contributed by atoms with Crippen LogP contribution in [-0.2, 0) is 4.79 Å². The van der Waals surface area contributed by atoms with Gasteiger partial charge in [-0.25, -0.2) is 4.68 Å². The van der Waals surface area contributed by atoms with Crippen LogP contribution in [0.3, 0.4) is 0 Å². The second-order valence-electron chi connectivity index (χ2n) is 5.90. The number of nitrogens with zero attached hydrogens (tertiary/aromatic N) is 4. The van der Waals surface area contributed by atoms with Crippen molar-refractivity contribution < 1.29 is 9.59 Å². The average Bonchev–Trinajstić information content (AvgIpc) is 3.26. The minimum atomic E-state index is -0.203. The van der Waals surface area contributed by atoms with Crippen molar-refractivity contribution in [1.82, 2.24) is 19.6 Å². The van der Waals surface area contributed by atoms with E-state index in [-0.39, 0.29) is 18.4 Å². The maximum Gasteiger partial charge on any atom is 0.257 e. The number of amides is 2. The fraction of sp³-hybridized carbons (Fsp3) is 0.353. The molecule has 0 spiro atoms. The van der Waals surface area contributed by atoms with Gasteiger partial charge in [0.1, 0.15) is 0 Å². The standard InChI is InChI=1S/C17H19BrN4O2/c1-20(12-16(23)21-8-2-3-9-21)17(24)13-10-19-22(11-13)15-6-4-14(18)5-7-15/h4-7,10-11H,2-3,8-9,12H2,1H3. The summed E-state index contributed by atoms with van der Waals surface area (Å²) in [6.07, 6.45) is 5.30. The number of halogens is 1. The van der Waals surface area contributed by atoms with Crippen LogP contribution in [0.5, 0.6) is 0 Å². The van der Waals surface area contributed by atoms with Crippen LogP contribution >= 0.6 is 15.9 Å². The normalized spacial score (nSPS) is 14.0. The van der Waals surface area contributed by atoms with Gasteiger partial charge in [-0.3, -0.25) is 9.59 Å². The SMILES string of the molecule is CN(CC(=O)N1CCCC1)C(=O)c1cnn(-c2ccc(Br)cc2)c1. The molecule has 2 heterocycles. The highest BCUT2D eigenvalue weighted by molar-refractivity contribution is 9.10. The van der Waals surface area contributed by atoms with Crippen LogP contribution in [0.2, 0.25) is 0 Å². The molecular weight excluding hydrogens is 372 g/mol. The Balaban J connectivity index is 1.66. The minimum absolute atomic E-state index is 0.00338. The van der Waals surface area contributed by atoms with Gasteiger partial charge in [-0.05, 0) is 37.1 Å². The van der Waals surface area contributed by atoms with E-state index < -0.39 is 0 Å². The summed E-state index contributed by atoms with van der Waals surface area (Å²) in [4.78, 5) is 27.9. The van der Waals surface area contributed by atoms with Crippen LogP contribution in [0.4, 0.5) is 0 Å². The summed E-state index contributed by atoms with van der Waals surface area (Å²) >= 11 is 3.39. The van der Waals surface area contributed by atoms with Gasteiger partial charge in [0.25, 0.3) is 5.91 Å². The summed E-state index contributed by atoms with van der Waals surface area (Å²) < 4.78 is 2.63. The van der Waals surface area contributed by atoms with Crippen molar-refractivity contribution in [1.29, 1.82) is 0 Å². The number of benzene rings is 1. The fourth-order valence-electron chi connectivity index (χ4n) is 2.73. The average molecular weight is 391 g/mol. The van der Waals surface area contributed by atoms with Gasteiger partial charge in [0.15, 0.2) is 0 Å². The molecule has 0 atom stereocenters. The molecule has 1 aromatic heterocycles. The first-order valence-corrected chi connectivity index (χ1v) is 8.68. The number of likely N-dealkylation sites (N-methyl/N-ethyl adjacent to an activating group) is 1. The molecule has 2 aromatic rings. The van der Waals surface area contributed by atoms with Crippen LogP contribution in [-0.4, -0.2) is 58.1 Å². The van der Waals surface area contributed by atoms with Crippen molar-refractivity contribution >= 4 is 27.7 Å². The minimum Gasteiger partial charge on any atom is -0.341 e. The Kier molecular flexibility index (Phi) is 4.99. The van der Waals surface area contributed by atoms with Gasteiger partial charge >= 0.3 is 0 Å². The molecule has 2 amide bonds. The quantitative estimate of drug-likeness (QED) is 0.804. The Morgan fingerprint density at radius 2 is 1.88 bits per heavy atom. The number of rotatable bonds is 4. The summed E-state index contributed by atoms with van der Waals surface area (Å²) in [6.45, 7) is 1.69. The fourth-order valence-corrected chi connectivity index (χ4v) is 2.99. The molecule has 1 aliphatic rings. The summed E-state index contributed by atoms with van der Waals surface area (Å²) in [5.41, 5.74) is 1.34. The molecule has 1 fully saturated rings. The predicted molar refractivity (Wildman–Crippen MR) is 94.0 cm³/mol. The number of aromatic nitrogens is 2. The van der Waals surface area contributed by atoms with Crippen molar-refractivity contribution in [2.75, 3.05) is 26.7 Å². The van der Waals surface area contributed by atoms with E-state index in [1.165, 1.54) is 11.1 Å². The van der Waals surface area contributed by atoms with Gasteiger partial charge in [0.05, 0.1) is 24.0 Å². The second-order valence-corrected chi connectivity index (χ2v) is 6.81. The van der Waals surface area contributed by atoms with Crippen LogP contribution in [0.15, 0.2) is 41.1 Å². The van der Waals surface area contributed by atoms with Crippen LogP contribution in [0.25, 0.3) is 5.69 Å². The second kappa shape index (κ2) is 7.17. The summed E-state index contributed by atoms with van der Waals surface area (Å²) in [7, 11) is 1.65. The van der Waals surface area contributed by atoms with E-state index in [4.69, 9.17) is 0 Å². The zero-order valence-corrected chi connectivity index (χ0v) is 15.1. The van der Waals surface area contributed by atoms with Gasteiger partial charge in [0.2, 0.25) is 5.91 Å². The topological polar surface area (TPSA) is 58.4 Å². The maximum absolute atomic E-state index is 12.5. The Bertz CT molecular complexity index is 735. The lowest BCUT2D eigenvalue weighted by atomic mass is 10.3. The molecule has 0 saturated carbocycles. The lowest BCUT2D eigenvalue weighted by Crippen LogP contribution is -2.39. The summed E-state index contributed by atoms with van der Waals surface area (Å²) in [5.74, 6) is -0.199. The van der Waals surface area contributed by atoms with Crippen molar-refractivity contribution in [2.24, 2.45) is 0 Å². The maximum atomic E-state index is 12.5. The first-order chi connectivity index (χ1) is 11.5. The van der Waals surface area contributed by atoms with Crippen LogP contribution in [0, 0.1) is 0 Å². The number of hydrogen-bond acceptors (Lipinski definition) is 3. The molecule has 0 N–H and O–H groups in total. The molecular formula is C17H19BrN4O2. The van der Waals surface area contributed by atoms with Gasteiger partial charge < -0.3 is 9.80 Å². The van der Waals surface area contributed by atoms with Gasteiger partial charge in [0, 0.05) is 30.8 Å². The van der Waals surface area contributed by atoms with Crippen molar-refractivity contribution in [3.63, 3.8) is 0 Å². The van der Waals surface area contributed by atoms with Crippen molar-refractivity contribution in [3.05, 3.63) is 46.7 Å². The van der Waals surface area contributed by atoms with E-state index in [0.29, 0.717) is 5.56 Å². The molecule has 3 rings (SSSR count). The monoisotopic (exact) mass is 390 g/mol. The Hall–Kier alpha value is -2.15. The number of carbonyl (C=O) groups is 2. The molecule has 7 heteroatoms. The first kappa shape index (κ1) is 16.7. The third-order valence-electron chi connectivity index (χ3n) is 4.10. The van der Waals surface area contributed by atoms with E-state index in [1.807, 2.05) is 29.2 Å². The van der Waals surface area contributed by atoms with E-state index in [0.717, 1.165) is 36.1 Å². The molecule has 0 unspecified atom stereocenters. The molecule has 1 saturated heterocycles. The van der Waals surface area contributed by atoms with Crippen molar-refractivity contribution in [2.45, 2.75) is 12.8 Å². The molecule has 6 nitrogen and oxygen atoms in total. The predicted octanol–water partition coefficient (Wildman–Crippen LogP) is 2.33. The molecule has 126 valence electrons. The van der Waals surface area contributed by atoms with E-state index >= 15 is 0 Å². The summed E-state index contributed by atoms with van der Waals surface area (Å²) in [6, 6.07) is 7.65. The first-order valence-electron chi connectivity index (χ1n) is 7.88. The van der Waals surface area contributed by atoms with Gasteiger partial charge in [-0.1, -0.05) is 15.9 Å². The van der Waals surface area contributed by atoms with Crippen LogP contribution < -0.4 is 0 Å². The molecule has 0 radical (unpaired) electrons. The third kappa shape index (κ3) is 3.67.